The van der Waals surface area contributed by atoms with E-state index in [1.54, 1.807) is 17.0 Å². The van der Waals surface area contributed by atoms with Crippen molar-refractivity contribution in [2.75, 3.05) is 10.8 Å². The molecule has 1 saturated carbocycles. The van der Waals surface area contributed by atoms with Gasteiger partial charge in [0.25, 0.3) is 10.0 Å². The molecule has 1 N–H and O–H groups in total. The number of anilines is 1. The zero-order chi connectivity index (χ0) is 34.3. The number of carbonyl (C=O) groups is 2. The number of nitrogens with zero attached hydrogens (tertiary/aromatic N) is 2. The van der Waals surface area contributed by atoms with Crippen LogP contribution in [0.4, 0.5) is 5.69 Å². The van der Waals surface area contributed by atoms with E-state index in [0.29, 0.717) is 10.7 Å². The molecule has 1 unspecified atom stereocenters. The molecule has 1 aliphatic rings. The van der Waals surface area contributed by atoms with Crippen molar-refractivity contribution in [3.8, 4) is 0 Å². The molecular formula is C38H41BrClN3O4S. The van der Waals surface area contributed by atoms with Gasteiger partial charge < -0.3 is 10.2 Å². The van der Waals surface area contributed by atoms with Crippen LogP contribution in [0, 0.1) is 13.8 Å². The number of hydrogen-bond donors (Lipinski definition) is 1. The Balaban J connectivity index is 1.57. The van der Waals surface area contributed by atoms with Crippen LogP contribution in [0.15, 0.2) is 106 Å². The zero-order valence-corrected chi connectivity index (χ0v) is 30.4. The van der Waals surface area contributed by atoms with Gasteiger partial charge in [-0.15, -0.1) is 0 Å². The van der Waals surface area contributed by atoms with Crippen molar-refractivity contribution in [3.05, 3.63) is 129 Å². The van der Waals surface area contributed by atoms with E-state index in [0.717, 1.165) is 63.1 Å². The molecule has 1 aliphatic carbocycles. The molecular weight excluding hydrogens is 710 g/mol. The van der Waals surface area contributed by atoms with Gasteiger partial charge in [-0.05, 0) is 97.5 Å². The van der Waals surface area contributed by atoms with Crippen LogP contribution < -0.4 is 9.62 Å². The maximum absolute atomic E-state index is 14.7. The lowest BCUT2D eigenvalue weighted by Crippen LogP contribution is -2.55. The number of rotatable bonds is 12. The SMILES string of the molecule is Cc1ccc(N(CC(=O)N(Cc2ccc(Br)cc2)C(Cc2ccccc2)C(=O)NC2CCCCC2)S(=O)(=O)c2ccc(Cl)cc2)cc1C. The zero-order valence-electron chi connectivity index (χ0n) is 27.2. The topological polar surface area (TPSA) is 86.8 Å². The van der Waals surface area contributed by atoms with Gasteiger partial charge in [0.15, 0.2) is 0 Å². The highest BCUT2D eigenvalue weighted by Gasteiger charge is 2.35. The van der Waals surface area contributed by atoms with Crippen molar-refractivity contribution in [2.45, 2.75) is 75.9 Å². The first-order valence-electron chi connectivity index (χ1n) is 16.2. The summed E-state index contributed by atoms with van der Waals surface area (Å²) in [6, 6.07) is 27.5. The van der Waals surface area contributed by atoms with Gasteiger partial charge in [0.2, 0.25) is 11.8 Å². The molecule has 7 nitrogen and oxygen atoms in total. The Hall–Kier alpha value is -3.66. The van der Waals surface area contributed by atoms with Crippen LogP contribution in [0.3, 0.4) is 0 Å². The molecule has 0 heterocycles. The standard InChI is InChI=1S/C38H41BrClN3O4S/c1-27-13-20-34(23-28(27)2)43(48(46,47)35-21-18-32(40)19-22-35)26-37(44)42(25-30-14-16-31(39)17-15-30)36(24-29-9-5-3-6-10-29)38(45)41-33-11-7-4-8-12-33/h3,5-6,9-10,13-23,33,36H,4,7-8,11-12,24-26H2,1-2H3,(H,41,45). The number of nitrogens with one attached hydrogen (secondary N) is 1. The minimum Gasteiger partial charge on any atom is -0.352 e. The molecule has 10 heteroatoms. The summed E-state index contributed by atoms with van der Waals surface area (Å²) in [6.45, 7) is 3.45. The fourth-order valence-electron chi connectivity index (χ4n) is 6.03. The molecule has 0 aliphatic heterocycles. The highest BCUT2D eigenvalue weighted by atomic mass is 79.9. The lowest BCUT2D eigenvalue weighted by Gasteiger charge is -2.35. The molecule has 4 aromatic rings. The highest BCUT2D eigenvalue weighted by molar-refractivity contribution is 9.10. The largest absolute Gasteiger partial charge is 0.352 e. The molecule has 48 heavy (non-hydrogen) atoms. The number of halogens is 2. The Kier molecular flexibility index (Phi) is 12.0. The second kappa shape index (κ2) is 16.2. The van der Waals surface area contributed by atoms with E-state index in [9.17, 15) is 18.0 Å². The van der Waals surface area contributed by atoms with Gasteiger partial charge in [-0.1, -0.05) is 95.3 Å². The number of amides is 2. The van der Waals surface area contributed by atoms with Crippen LogP contribution >= 0.6 is 27.5 Å². The molecule has 4 aromatic carbocycles. The maximum Gasteiger partial charge on any atom is 0.264 e. The van der Waals surface area contributed by atoms with Crippen molar-refractivity contribution < 1.29 is 18.0 Å². The Morgan fingerprint density at radius 2 is 1.52 bits per heavy atom. The summed E-state index contributed by atoms with van der Waals surface area (Å²) in [7, 11) is -4.21. The normalized spacial score (nSPS) is 14.2. The molecule has 0 spiro atoms. The summed E-state index contributed by atoms with van der Waals surface area (Å²) in [5.41, 5.74) is 3.95. The molecule has 0 saturated heterocycles. The maximum atomic E-state index is 14.7. The second-order valence-corrected chi connectivity index (χ2v) is 15.6. The summed E-state index contributed by atoms with van der Waals surface area (Å²) >= 11 is 9.58. The predicted molar refractivity (Wildman–Crippen MR) is 196 cm³/mol. The van der Waals surface area contributed by atoms with Gasteiger partial charge in [0.1, 0.15) is 12.6 Å². The summed E-state index contributed by atoms with van der Waals surface area (Å²) in [6.07, 6.45) is 5.29. The van der Waals surface area contributed by atoms with E-state index in [1.807, 2.05) is 74.5 Å². The Morgan fingerprint density at radius 1 is 0.854 bits per heavy atom. The second-order valence-electron chi connectivity index (χ2n) is 12.4. The molecule has 0 radical (unpaired) electrons. The van der Waals surface area contributed by atoms with E-state index >= 15 is 0 Å². The summed E-state index contributed by atoms with van der Waals surface area (Å²) in [5.74, 6) is -0.733. The number of aryl methyl sites for hydroxylation is 2. The third-order valence-corrected chi connectivity index (χ3v) is 11.5. The first-order valence-corrected chi connectivity index (χ1v) is 18.9. The van der Waals surface area contributed by atoms with Crippen molar-refractivity contribution in [1.29, 1.82) is 0 Å². The average Bonchev–Trinajstić information content (AvgIpc) is 3.08. The van der Waals surface area contributed by atoms with E-state index in [1.165, 1.54) is 24.3 Å². The van der Waals surface area contributed by atoms with Crippen molar-refractivity contribution >= 4 is 55.1 Å². The van der Waals surface area contributed by atoms with Gasteiger partial charge in [0.05, 0.1) is 10.6 Å². The molecule has 1 atom stereocenters. The number of hydrogen-bond acceptors (Lipinski definition) is 4. The van der Waals surface area contributed by atoms with Crippen LogP contribution in [0.25, 0.3) is 0 Å². The van der Waals surface area contributed by atoms with Crippen LogP contribution in [0.5, 0.6) is 0 Å². The fourth-order valence-corrected chi connectivity index (χ4v) is 7.82. The van der Waals surface area contributed by atoms with Gasteiger partial charge in [0, 0.05) is 28.5 Å². The van der Waals surface area contributed by atoms with Gasteiger partial charge in [-0.3, -0.25) is 13.9 Å². The van der Waals surface area contributed by atoms with Crippen molar-refractivity contribution in [2.24, 2.45) is 0 Å². The quantitative estimate of drug-likeness (QED) is 0.159. The minimum atomic E-state index is -4.21. The lowest BCUT2D eigenvalue weighted by atomic mass is 9.94. The molecule has 1 fully saturated rings. The molecule has 252 valence electrons. The first-order chi connectivity index (χ1) is 23.0. The number of carbonyl (C=O) groups excluding carboxylic acids is 2. The molecule has 0 aromatic heterocycles. The molecule has 0 bridgehead atoms. The fraction of sp³-hybridized carbons (Fsp3) is 0.316. The monoisotopic (exact) mass is 749 g/mol. The third kappa shape index (κ3) is 9.07. The van der Waals surface area contributed by atoms with Crippen LogP contribution in [0.1, 0.15) is 54.4 Å². The average molecular weight is 751 g/mol. The van der Waals surface area contributed by atoms with E-state index in [4.69, 9.17) is 11.6 Å². The molecule has 5 rings (SSSR count). The van der Waals surface area contributed by atoms with E-state index < -0.39 is 28.5 Å². The van der Waals surface area contributed by atoms with Crippen molar-refractivity contribution in [1.82, 2.24) is 10.2 Å². The third-order valence-electron chi connectivity index (χ3n) is 8.95. The summed E-state index contributed by atoms with van der Waals surface area (Å²) < 4.78 is 30.6. The smallest absolute Gasteiger partial charge is 0.264 e. The van der Waals surface area contributed by atoms with Gasteiger partial charge >= 0.3 is 0 Å². The van der Waals surface area contributed by atoms with E-state index in [2.05, 4.69) is 21.2 Å². The van der Waals surface area contributed by atoms with E-state index in [-0.39, 0.29) is 29.8 Å². The summed E-state index contributed by atoms with van der Waals surface area (Å²) in [5, 5.41) is 3.64. The van der Waals surface area contributed by atoms with Crippen LogP contribution in [-0.2, 0) is 32.6 Å². The van der Waals surface area contributed by atoms with Gasteiger partial charge in [-0.25, -0.2) is 8.42 Å². The Bertz CT molecular complexity index is 1810. The summed E-state index contributed by atoms with van der Waals surface area (Å²) in [4.78, 5) is 30.5. The molecule has 2 amide bonds. The predicted octanol–water partition coefficient (Wildman–Crippen LogP) is 8.00. The number of benzene rings is 4. The minimum absolute atomic E-state index is 0.00765. The lowest BCUT2D eigenvalue weighted by molar-refractivity contribution is -0.140. The number of sulfonamides is 1. The van der Waals surface area contributed by atoms with Crippen LogP contribution in [0.2, 0.25) is 5.02 Å². The van der Waals surface area contributed by atoms with Gasteiger partial charge in [-0.2, -0.15) is 0 Å². The van der Waals surface area contributed by atoms with Crippen LogP contribution in [-0.4, -0.2) is 43.8 Å². The van der Waals surface area contributed by atoms with Crippen molar-refractivity contribution in [3.63, 3.8) is 0 Å². The Morgan fingerprint density at radius 3 is 2.17 bits per heavy atom. The first kappa shape index (κ1) is 35.6. The highest BCUT2D eigenvalue weighted by Crippen LogP contribution is 2.28. The Labute approximate surface area is 297 Å².